The van der Waals surface area contributed by atoms with Gasteiger partial charge in [0.05, 0.1) is 5.56 Å². The van der Waals surface area contributed by atoms with Crippen LogP contribution in [0.4, 0.5) is 0 Å². The smallest absolute Gasteiger partial charge is 0.267 e. The number of rotatable bonds is 8. The van der Waals surface area contributed by atoms with Crippen LogP contribution in [0.25, 0.3) is 10.9 Å². The molecule has 4 aromatic rings. The van der Waals surface area contributed by atoms with Crippen molar-refractivity contribution in [3.63, 3.8) is 0 Å². The third-order valence-electron chi connectivity index (χ3n) is 5.94. The van der Waals surface area contributed by atoms with Crippen molar-refractivity contribution in [3.05, 3.63) is 95.9 Å². The minimum absolute atomic E-state index is 0.0304. The quantitative estimate of drug-likeness (QED) is 0.445. The molecule has 4 rings (SSSR count). The van der Waals surface area contributed by atoms with Crippen molar-refractivity contribution in [3.8, 4) is 0 Å². The van der Waals surface area contributed by atoms with Crippen molar-refractivity contribution in [1.82, 2.24) is 19.8 Å². The summed E-state index contributed by atoms with van der Waals surface area (Å²) in [5.41, 5.74) is 3.38. The molecule has 1 atom stereocenters. The van der Waals surface area contributed by atoms with E-state index in [9.17, 15) is 9.59 Å². The van der Waals surface area contributed by atoms with E-state index in [2.05, 4.69) is 22.4 Å². The summed E-state index contributed by atoms with van der Waals surface area (Å²) in [4.78, 5) is 30.9. The molecule has 2 N–H and O–H groups in total. The second-order valence-electron chi connectivity index (χ2n) is 8.06. The standard InChI is InChI=1S/C26H28N4O2/c1-29-16-8-13-24(29)25(31)27-15-14-20(17-19-9-4-3-5-10-19)30(2)26(32)22-18-28-23-12-7-6-11-21(22)23/h3-13,16,18,20,28H,14-15,17H2,1-2H3,(H,27,31)/t20-/m1/s1. The van der Waals surface area contributed by atoms with Gasteiger partial charge in [0.15, 0.2) is 0 Å². The third-order valence-corrected chi connectivity index (χ3v) is 5.94. The molecule has 0 bridgehead atoms. The lowest BCUT2D eigenvalue weighted by atomic mass is 10.0. The predicted octanol–water partition coefficient (Wildman–Crippen LogP) is 4.01. The van der Waals surface area contributed by atoms with E-state index in [4.69, 9.17) is 0 Å². The van der Waals surface area contributed by atoms with E-state index in [0.29, 0.717) is 30.6 Å². The van der Waals surface area contributed by atoms with Crippen LogP contribution >= 0.6 is 0 Å². The van der Waals surface area contributed by atoms with Crippen LogP contribution in [0, 0.1) is 0 Å². The zero-order chi connectivity index (χ0) is 22.5. The van der Waals surface area contributed by atoms with Gasteiger partial charge in [-0.05, 0) is 36.6 Å². The maximum atomic E-state index is 13.4. The van der Waals surface area contributed by atoms with Crippen LogP contribution in [0.5, 0.6) is 0 Å². The Balaban J connectivity index is 1.49. The number of aromatic amines is 1. The maximum absolute atomic E-state index is 13.4. The number of aryl methyl sites for hydroxylation is 1. The number of carbonyl (C=O) groups excluding carboxylic acids is 2. The van der Waals surface area contributed by atoms with E-state index in [1.165, 1.54) is 0 Å². The Morgan fingerprint density at radius 2 is 1.78 bits per heavy atom. The van der Waals surface area contributed by atoms with Crippen molar-refractivity contribution >= 4 is 22.7 Å². The molecule has 2 aromatic heterocycles. The van der Waals surface area contributed by atoms with Gasteiger partial charge in [-0.2, -0.15) is 0 Å². The number of carbonyl (C=O) groups is 2. The third kappa shape index (κ3) is 4.59. The number of hydrogen-bond donors (Lipinski definition) is 2. The first-order valence-electron chi connectivity index (χ1n) is 10.8. The second-order valence-corrected chi connectivity index (χ2v) is 8.06. The molecule has 0 aliphatic carbocycles. The molecule has 2 aromatic carbocycles. The van der Waals surface area contributed by atoms with Crippen molar-refractivity contribution in [1.29, 1.82) is 0 Å². The summed E-state index contributed by atoms with van der Waals surface area (Å²) in [5, 5.41) is 3.91. The van der Waals surface area contributed by atoms with Crippen LogP contribution < -0.4 is 5.32 Å². The highest BCUT2D eigenvalue weighted by atomic mass is 16.2. The summed E-state index contributed by atoms with van der Waals surface area (Å²) >= 11 is 0. The second kappa shape index (κ2) is 9.56. The SMILES string of the molecule is CN(C(=O)c1c[nH]c2ccccc12)[C@H](CCNC(=O)c1cccn1C)Cc1ccccc1. The van der Waals surface area contributed by atoms with E-state index in [1.807, 2.05) is 68.8 Å². The molecule has 0 fully saturated rings. The molecule has 0 saturated heterocycles. The van der Waals surface area contributed by atoms with Gasteiger partial charge in [-0.1, -0.05) is 48.5 Å². The minimum atomic E-state index is -0.110. The lowest BCUT2D eigenvalue weighted by molar-refractivity contribution is 0.0725. The highest BCUT2D eigenvalue weighted by Crippen LogP contribution is 2.21. The predicted molar refractivity (Wildman–Crippen MR) is 127 cm³/mol. The van der Waals surface area contributed by atoms with Gasteiger partial charge in [0.1, 0.15) is 5.69 Å². The minimum Gasteiger partial charge on any atom is -0.360 e. The number of amides is 2. The lowest BCUT2D eigenvalue weighted by Gasteiger charge is -2.28. The number of para-hydroxylation sites is 1. The lowest BCUT2D eigenvalue weighted by Crippen LogP contribution is -2.41. The number of hydrogen-bond acceptors (Lipinski definition) is 2. The highest BCUT2D eigenvalue weighted by Gasteiger charge is 2.24. The van der Waals surface area contributed by atoms with E-state index in [1.54, 1.807) is 21.7 Å². The summed E-state index contributed by atoms with van der Waals surface area (Å²) < 4.78 is 1.80. The Morgan fingerprint density at radius 3 is 2.53 bits per heavy atom. The molecule has 6 heteroatoms. The molecule has 32 heavy (non-hydrogen) atoms. The first-order chi connectivity index (χ1) is 15.5. The molecule has 0 saturated carbocycles. The summed E-state index contributed by atoms with van der Waals surface area (Å²) in [6.45, 7) is 0.479. The molecule has 0 aliphatic heterocycles. The van der Waals surface area contributed by atoms with Gasteiger partial charge in [-0.15, -0.1) is 0 Å². The summed E-state index contributed by atoms with van der Waals surface area (Å²) in [5.74, 6) is -0.140. The Bertz CT molecular complexity index is 1210. The van der Waals surface area contributed by atoms with Gasteiger partial charge in [-0.3, -0.25) is 9.59 Å². The number of H-pyrrole nitrogens is 1. The van der Waals surface area contributed by atoms with Gasteiger partial charge in [0.2, 0.25) is 0 Å². The summed E-state index contributed by atoms with van der Waals surface area (Å²) in [6, 6.07) is 21.5. The van der Waals surface area contributed by atoms with E-state index in [-0.39, 0.29) is 17.9 Å². The Morgan fingerprint density at radius 1 is 1.03 bits per heavy atom. The first-order valence-corrected chi connectivity index (χ1v) is 10.8. The Hall–Kier alpha value is -3.80. The van der Waals surface area contributed by atoms with Crippen LogP contribution in [0.3, 0.4) is 0 Å². The van der Waals surface area contributed by atoms with Crippen molar-refractivity contribution in [2.75, 3.05) is 13.6 Å². The average molecular weight is 429 g/mol. The number of nitrogens with zero attached hydrogens (tertiary/aromatic N) is 2. The van der Waals surface area contributed by atoms with Gasteiger partial charge >= 0.3 is 0 Å². The van der Waals surface area contributed by atoms with Crippen molar-refractivity contribution < 1.29 is 9.59 Å². The van der Waals surface area contributed by atoms with Crippen LogP contribution in [0.15, 0.2) is 79.1 Å². The van der Waals surface area contributed by atoms with Gasteiger partial charge in [0.25, 0.3) is 11.8 Å². The fraction of sp³-hybridized carbons (Fsp3) is 0.231. The average Bonchev–Trinajstić information content (AvgIpc) is 3.44. The number of fused-ring (bicyclic) bond motifs is 1. The first kappa shape index (κ1) is 21.4. The molecular formula is C26H28N4O2. The zero-order valence-electron chi connectivity index (χ0n) is 18.4. The molecule has 0 spiro atoms. The molecule has 0 radical (unpaired) electrons. The van der Waals surface area contributed by atoms with Crippen LogP contribution in [0.2, 0.25) is 0 Å². The van der Waals surface area contributed by atoms with E-state index in [0.717, 1.165) is 16.5 Å². The monoisotopic (exact) mass is 428 g/mol. The van der Waals surface area contributed by atoms with Crippen molar-refractivity contribution in [2.45, 2.75) is 18.9 Å². The van der Waals surface area contributed by atoms with Crippen LogP contribution in [-0.2, 0) is 13.5 Å². The topological polar surface area (TPSA) is 70.1 Å². The summed E-state index contributed by atoms with van der Waals surface area (Å²) in [7, 11) is 3.69. The van der Waals surface area contributed by atoms with E-state index < -0.39 is 0 Å². The molecule has 2 amide bonds. The number of benzene rings is 2. The van der Waals surface area contributed by atoms with Gasteiger partial charge in [0, 0.05) is 50.0 Å². The zero-order valence-corrected chi connectivity index (χ0v) is 18.4. The number of likely N-dealkylation sites (N-methyl/N-ethyl adjacent to an activating group) is 1. The fourth-order valence-electron chi connectivity index (χ4n) is 4.06. The number of aromatic nitrogens is 2. The Labute approximate surface area is 187 Å². The molecular weight excluding hydrogens is 400 g/mol. The van der Waals surface area contributed by atoms with E-state index >= 15 is 0 Å². The maximum Gasteiger partial charge on any atom is 0.267 e. The normalized spacial score (nSPS) is 11.9. The largest absolute Gasteiger partial charge is 0.360 e. The van der Waals surface area contributed by atoms with Gasteiger partial charge < -0.3 is 19.8 Å². The molecule has 2 heterocycles. The van der Waals surface area contributed by atoms with Crippen molar-refractivity contribution in [2.24, 2.45) is 7.05 Å². The molecule has 6 nitrogen and oxygen atoms in total. The Kier molecular flexibility index (Phi) is 6.40. The molecule has 0 aliphatic rings. The number of nitrogens with one attached hydrogen (secondary N) is 2. The highest BCUT2D eigenvalue weighted by molar-refractivity contribution is 6.06. The molecule has 0 unspecified atom stereocenters. The molecule has 164 valence electrons. The van der Waals surface area contributed by atoms with Gasteiger partial charge in [-0.25, -0.2) is 0 Å². The van der Waals surface area contributed by atoms with Crippen LogP contribution in [-0.4, -0.2) is 45.9 Å². The summed E-state index contributed by atoms with van der Waals surface area (Å²) in [6.07, 6.45) is 4.99. The fourth-order valence-corrected chi connectivity index (χ4v) is 4.06. The van der Waals surface area contributed by atoms with Crippen LogP contribution in [0.1, 0.15) is 32.8 Å².